The first-order chi connectivity index (χ1) is 13.0. The number of nitrogens with one attached hydrogen (secondary N) is 1. The van der Waals surface area contributed by atoms with Crippen LogP contribution in [0.4, 0.5) is 5.69 Å². The maximum Gasteiger partial charge on any atom is 0.250 e. The standard InChI is InChI=1S/C20H24ClN5O/c1-12(2)11-26-20(21)19(13(3)24-26)16-5-4-8-25(16)17-9-18(27)23-15-10-22-7-6-14(15)17/h6-7,9-10,12,16H,4-5,8,11H2,1-3H3,(H,23,27). The van der Waals surface area contributed by atoms with Gasteiger partial charge in [0.25, 0.3) is 5.56 Å². The van der Waals surface area contributed by atoms with Gasteiger partial charge in [-0.05, 0) is 31.7 Å². The summed E-state index contributed by atoms with van der Waals surface area (Å²) in [4.78, 5) is 21.5. The Morgan fingerprint density at radius 2 is 2.22 bits per heavy atom. The third-order valence-electron chi connectivity index (χ3n) is 5.17. The van der Waals surface area contributed by atoms with Crippen molar-refractivity contribution in [1.29, 1.82) is 0 Å². The topological polar surface area (TPSA) is 66.8 Å². The first-order valence-corrected chi connectivity index (χ1v) is 9.80. The summed E-state index contributed by atoms with van der Waals surface area (Å²) in [7, 11) is 0. The van der Waals surface area contributed by atoms with E-state index >= 15 is 0 Å². The largest absolute Gasteiger partial charge is 0.364 e. The molecule has 4 heterocycles. The van der Waals surface area contributed by atoms with E-state index in [1.165, 1.54) is 0 Å². The molecule has 7 heteroatoms. The van der Waals surface area contributed by atoms with Crippen LogP contribution in [0.5, 0.6) is 0 Å². The van der Waals surface area contributed by atoms with Gasteiger partial charge >= 0.3 is 0 Å². The molecule has 4 rings (SSSR count). The summed E-state index contributed by atoms with van der Waals surface area (Å²) >= 11 is 6.75. The van der Waals surface area contributed by atoms with Crippen LogP contribution in [0, 0.1) is 12.8 Å². The van der Waals surface area contributed by atoms with E-state index in [0.29, 0.717) is 11.1 Å². The monoisotopic (exact) mass is 385 g/mol. The number of rotatable bonds is 4. The molecule has 1 aliphatic rings. The molecule has 27 heavy (non-hydrogen) atoms. The molecule has 1 N–H and O–H groups in total. The highest BCUT2D eigenvalue weighted by Crippen LogP contribution is 2.42. The van der Waals surface area contributed by atoms with Crippen LogP contribution in [0.15, 0.2) is 29.3 Å². The number of hydrogen-bond donors (Lipinski definition) is 1. The highest BCUT2D eigenvalue weighted by molar-refractivity contribution is 6.30. The Bertz CT molecular complexity index is 1040. The lowest BCUT2D eigenvalue weighted by molar-refractivity contribution is 0.481. The van der Waals surface area contributed by atoms with Gasteiger partial charge in [0, 0.05) is 36.3 Å². The Labute approximate surface area is 163 Å². The second kappa shape index (κ2) is 7.00. The minimum atomic E-state index is -0.116. The van der Waals surface area contributed by atoms with E-state index in [9.17, 15) is 4.79 Å². The van der Waals surface area contributed by atoms with E-state index in [2.05, 4.69) is 33.8 Å². The molecule has 1 aliphatic heterocycles. The molecular formula is C20H24ClN5O. The molecule has 3 aromatic rings. The van der Waals surface area contributed by atoms with Crippen LogP contribution >= 0.6 is 11.6 Å². The maximum absolute atomic E-state index is 12.2. The SMILES string of the molecule is Cc1nn(CC(C)C)c(Cl)c1C1CCCN1c1cc(=O)[nH]c2cnccc12. The molecule has 1 saturated heterocycles. The number of anilines is 1. The molecule has 6 nitrogen and oxygen atoms in total. The minimum absolute atomic E-state index is 0.116. The van der Waals surface area contributed by atoms with Crippen molar-refractivity contribution in [2.24, 2.45) is 5.92 Å². The molecule has 1 atom stereocenters. The van der Waals surface area contributed by atoms with Gasteiger partial charge in [-0.3, -0.25) is 14.5 Å². The molecule has 0 saturated carbocycles. The molecule has 0 spiro atoms. The molecular weight excluding hydrogens is 362 g/mol. The highest BCUT2D eigenvalue weighted by Gasteiger charge is 2.32. The summed E-state index contributed by atoms with van der Waals surface area (Å²) < 4.78 is 1.91. The number of pyridine rings is 2. The van der Waals surface area contributed by atoms with Gasteiger partial charge in [-0.15, -0.1) is 0 Å². The highest BCUT2D eigenvalue weighted by atomic mass is 35.5. The number of aromatic nitrogens is 4. The molecule has 0 aliphatic carbocycles. The predicted molar refractivity (Wildman–Crippen MR) is 108 cm³/mol. The van der Waals surface area contributed by atoms with Crippen LogP contribution in [0.25, 0.3) is 10.9 Å². The van der Waals surface area contributed by atoms with Crippen molar-refractivity contribution in [1.82, 2.24) is 19.7 Å². The number of hydrogen-bond acceptors (Lipinski definition) is 4. The molecule has 1 fully saturated rings. The van der Waals surface area contributed by atoms with Crippen molar-refractivity contribution in [3.8, 4) is 0 Å². The quantitative estimate of drug-likeness (QED) is 0.734. The summed E-state index contributed by atoms with van der Waals surface area (Å²) in [5, 5.41) is 6.40. The summed E-state index contributed by atoms with van der Waals surface area (Å²) in [6.07, 6.45) is 5.50. The van der Waals surface area contributed by atoms with Crippen LogP contribution in [0.3, 0.4) is 0 Å². The lowest BCUT2D eigenvalue weighted by Gasteiger charge is -2.28. The van der Waals surface area contributed by atoms with E-state index < -0.39 is 0 Å². The summed E-state index contributed by atoms with van der Waals surface area (Å²) in [5.74, 6) is 0.471. The first kappa shape index (κ1) is 18.0. The molecule has 3 aromatic heterocycles. The van der Waals surface area contributed by atoms with Crippen molar-refractivity contribution in [3.63, 3.8) is 0 Å². The van der Waals surface area contributed by atoms with E-state index in [0.717, 1.165) is 53.8 Å². The average Bonchev–Trinajstić information content (AvgIpc) is 3.18. The fraction of sp³-hybridized carbons (Fsp3) is 0.450. The van der Waals surface area contributed by atoms with Gasteiger partial charge in [0.2, 0.25) is 0 Å². The lowest BCUT2D eigenvalue weighted by Crippen LogP contribution is -2.25. The average molecular weight is 386 g/mol. The van der Waals surface area contributed by atoms with Crippen LogP contribution in [-0.2, 0) is 6.54 Å². The Hall–Kier alpha value is -2.34. The van der Waals surface area contributed by atoms with E-state index in [4.69, 9.17) is 11.6 Å². The number of nitrogens with zero attached hydrogens (tertiary/aromatic N) is 4. The Balaban J connectivity index is 1.81. The fourth-order valence-corrected chi connectivity index (χ4v) is 4.46. The van der Waals surface area contributed by atoms with Gasteiger partial charge in [-0.25, -0.2) is 0 Å². The number of halogens is 1. The van der Waals surface area contributed by atoms with Crippen LogP contribution in [0.2, 0.25) is 5.15 Å². The van der Waals surface area contributed by atoms with Gasteiger partial charge < -0.3 is 9.88 Å². The van der Waals surface area contributed by atoms with Crippen LogP contribution < -0.4 is 10.5 Å². The van der Waals surface area contributed by atoms with Crippen molar-refractivity contribution in [3.05, 3.63) is 51.3 Å². The van der Waals surface area contributed by atoms with E-state index in [-0.39, 0.29) is 11.6 Å². The van der Waals surface area contributed by atoms with Crippen molar-refractivity contribution >= 4 is 28.2 Å². The second-order valence-electron chi connectivity index (χ2n) is 7.66. The predicted octanol–water partition coefficient (Wildman–Crippen LogP) is 4.08. The van der Waals surface area contributed by atoms with Gasteiger partial charge in [0.1, 0.15) is 5.15 Å². The van der Waals surface area contributed by atoms with Gasteiger partial charge in [0.15, 0.2) is 0 Å². The zero-order valence-corrected chi connectivity index (χ0v) is 16.6. The zero-order valence-electron chi connectivity index (χ0n) is 15.9. The van der Waals surface area contributed by atoms with Crippen molar-refractivity contribution in [2.75, 3.05) is 11.4 Å². The Morgan fingerprint density at radius 3 is 3.00 bits per heavy atom. The fourth-order valence-electron chi connectivity index (χ4n) is 4.09. The first-order valence-electron chi connectivity index (χ1n) is 9.42. The third kappa shape index (κ3) is 3.23. The number of aryl methyl sites for hydroxylation is 1. The molecule has 0 bridgehead atoms. The van der Waals surface area contributed by atoms with Crippen molar-refractivity contribution in [2.45, 2.75) is 46.2 Å². The Kier molecular flexibility index (Phi) is 4.68. The van der Waals surface area contributed by atoms with Gasteiger partial charge in [-0.1, -0.05) is 25.4 Å². The van der Waals surface area contributed by atoms with Gasteiger partial charge in [-0.2, -0.15) is 5.10 Å². The van der Waals surface area contributed by atoms with Gasteiger partial charge in [0.05, 0.1) is 29.1 Å². The summed E-state index contributed by atoms with van der Waals surface area (Å²) in [6.45, 7) is 8.02. The number of fused-ring (bicyclic) bond motifs is 1. The maximum atomic E-state index is 12.2. The van der Waals surface area contributed by atoms with Crippen LogP contribution in [-0.4, -0.2) is 26.3 Å². The smallest absolute Gasteiger partial charge is 0.250 e. The van der Waals surface area contributed by atoms with Crippen molar-refractivity contribution < 1.29 is 0 Å². The van der Waals surface area contributed by atoms with E-state index in [1.807, 2.05) is 17.7 Å². The van der Waals surface area contributed by atoms with Crippen LogP contribution in [0.1, 0.15) is 44.0 Å². The summed E-state index contributed by atoms with van der Waals surface area (Å²) in [5.41, 5.74) is 3.62. The zero-order chi connectivity index (χ0) is 19.1. The van der Waals surface area contributed by atoms with E-state index in [1.54, 1.807) is 18.5 Å². The minimum Gasteiger partial charge on any atom is -0.364 e. The third-order valence-corrected chi connectivity index (χ3v) is 5.56. The number of H-pyrrole nitrogens is 1. The molecule has 142 valence electrons. The Morgan fingerprint density at radius 1 is 1.41 bits per heavy atom. The number of aromatic amines is 1. The molecule has 0 amide bonds. The molecule has 1 unspecified atom stereocenters. The second-order valence-corrected chi connectivity index (χ2v) is 8.02. The summed E-state index contributed by atoms with van der Waals surface area (Å²) in [6, 6.07) is 3.76. The molecule has 0 radical (unpaired) electrons. The lowest BCUT2D eigenvalue weighted by atomic mass is 10.0. The molecule has 0 aromatic carbocycles. The normalized spacial score (nSPS) is 17.4.